The van der Waals surface area contributed by atoms with Crippen molar-refractivity contribution in [2.45, 2.75) is 66.0 Å². The number of rotatable bonds is 3. The predicted octanol–water partition coefficient (Wildman–Crippen LogP) is 3.46. The predicted molar refractivity (Wildman–Crippen MR) is 94.2 cm³/mol. The van der Waals surface area contributed by atoms with E-state index in [0.717, 1.165) is 60.6 Å². The monoisotopic (exact) mass is 345 g/mol. The number of urea groups is 1. The molecule has 2 aromatic rings. The van der Waals surface area contributed by atoms with Crippen molar-refractivity contribution in [1.82, 2.24) is 25.4 Å². The summed E-state index contributed by atoms with van der Waals surface area (Å²) in [5.41, 5.74) is 4.03. The average molecular weight is 345 g/mol. The summed E-state index contributed by atoms with van der Waals surface area (Å²) < 4.78 is 5.55. The average Bonchev–Trinajstić information content (AvgIpc) is 2.96. The van der Waals surface area contributed by atoms with Crippen LogP contribution in [-0.2, 0) is 6.54 Å². The molecule has 1 aliphatic rings. The minimum atomic E-state index is -0.0691. The van der Waals surface area contributed by atoms with Crippen LogP contribution in [0.4, 0.5) is 4.79 Å². The first-order valence-electron chi connectivity index (χ1n) is 8.96. The van der Waals surface area contributed by atoms with Gasteiger partial charge in [0.1, 0.15) is 5.76 Å². The lowest BCUT2D eigenvalue weighted by molar-refractivity contribution is 0.174. The van der Waals surface area contributed by atoms with Crippen molar-refractivity contribution >= 4 is 6.03 Å². The number of H-pyrrole nitrogens is 1. The van der Waals surface area contributed by atoms with Crippen LogP contribution in [0.15, 0.2) is 4.42 Å². The van der Waals surface area contributed by atoms with Gasteiger partial charge in [0, 0.05) is 17.8 Å². The summed E-state index contributed by atoms with van der Waals surface area (Å²) in [5.74, 6) is 1.34. The Hall–Kier alpha value is -2.31. The SMILES string of the molecule is Cc1nc(CNC(=O)N2CCCCC[C@H]2c2c(C)n[nH]c2C)oc1C. The fraction of sp³-hybridized carbons (Fsp3) is 0.611. The Balaban J connectivity index is 1.75. The van der Waals surface area contributed by atoms with E-state index in [1.165, 1.54) is 0 Å². The normalized spacial score (nSPS) is 18.2. The van der Waals surface area contributed by atoms with E-state index < -0.39 is 0 Å². The number of nitrogens with zero attached hydrogens (tertiary/aromatic N) is 3. The summed E-state index contributed by atoms with van der Waals surface area (Å²) in [6, 6.07) is -0.00492. The number of hydrogen-bond acceptors (Lipinski definition) is 4. The van der Waals surface area contributed by atoms with Gasteiger partial charge < -0.3 is 14.6 Å². The molecule has 1 saturated heterocycles. The first-order valence-corrected chi connectivity index (χ1v) is 8.96. The Morgan fingerprint density at radius 1 is 1.24 bits per heavy atom. The molecular formula is C18H27N5O2. The van der Waals surface area contributed by atoms with Crippen LogP contribution in [0.2, 0.25) is 0 Å². The summed E-state index contributed by atoms with van der Waals surface area (Å²) in [4.78, 5) is 19.1. The highest BCUT2D eigenvalue weighted by Crippen LogP contribution is 2.33. The third-order valence-electron chi connectivity index (χ3n) is 5.00. The third-order valence-corrected chi connectivity index (χ3v) is 5.00. The van der Waals surface area contributed by atoms with Gasteiger partial charge in [0.15, 0.2) is 0 Å². The largest absolute Gasteiger partial charge is 0.444 e. The smallest absolute Gasteiger partial charge is 0.318 e. The van der Waals surface area contributed by atoms with Gasteiger partial charge in [-0.05, 0) is 40.5 Å². The van der Waals surface area contributed by atoms with E-state index in [1.54, 1.807) is 0 Å². The standard InChI is InChI=1S/C18H27N5O2/c1-11-14(4)25-16(20-11)10-19-18(24)23-9-7-5-6-8-15(23)17-12(2)21-22-13(17)3/h15H,5-10H2,1-4H3,(H,19,24)(H,21,22)/t15-/m0/s1. The van der Waals surface area contributed by atoms with Gasteiger partial charge in [0.05, 0.1) is 24.0 Å². The van der Waals surface area contributed by atoms with Crippen LogP contribution in [0.1, 0.15) is 66.0 Å². The summed E-state index contributed by atoms with van der Waals surface area (Å²) >= 11 is 0. The van der Waals surface area contributed by atoms with Crippen molar-refractivity contribution in [2.24, 2.45) is 0 Å². The molecule has 0 radical (unpaired) electrons. The number of likely N-dealkylation sites (tertiary alicyclic amines) is 1. The fourth-order valence-corrected chi connectivity index (χ4v) is 3.57. The number of nitrogens with one attached hydrogen (secondary N) is 2. The molecule has 0 bridgehead atoms. The van der Waals surface area contributed by atoms with E-state index in [9.17, 15) is 4.79 Å². The van der Waals surface area contributed by atoms with Crippen molar-refractivity contribution in [3.05, 3.63) is 34.3 Å². The van der Waals surface area contributed by atoms with Crippen LogP contribution in [-0.4, -0.2) is 32.7 Å². The molecule has 1 fully saturated rings. The summed E-state index contributed by atoms with van der Waals surface area (Å²) in [6.07, 6.45) is 4.26. The van der Waals surface area contributed by atoms with Gasteiger partial charge in [-0.1, -0.05) is 12.8 Å². The molecule has 3 heterocycles. The fourth-order valence-electron chi connectivity index (χ4n) is 3.57. The quantitative estimate of drug-likeness (QED) is 0.892. The summed E-state index contributed by atoms with van der Waals surface area (Å²) in [7, 11) is 0. The molecule has 2 N–H and O–H groups in total. The number of carbonyl (C=O) groups is 1. The van der Waals surface area contributed by atoms with Gasteiger partial charge >= 0.3 is 6.03 Å². The second-order valence-corrected chi connectivity index (χ2v) is 6.81. The second-order valence-electron chi connectivity index (χ2n) is 6.81. The molecule has 1 aliphatic heterocycles. The molecule has 2 aromatic heterocycles. The molecule has 2 amide bonds. The van der Waals surface area contributed by atoms with Crippen LogP contribution in [0.25, 0.3) is 0 Å². The zero-order chi connectivity index (χ0) is 18.0. The lowest BCUT2D eigenvalue weighted by Gasteiger charge is -2.30. The van der Waals surface area contributed by atoms with Gasteiger partial charge in [-0.3, -0.25) is 5.10 Å². The number of carbonyl (C=O) groups excluding carboxylic acids is 1. The van der Waals surface area contributed by atoms with Crippen LogP contribution in [0.3, 0.4) is 0 Å². The number of hydrogen-bond donors (Lipinski definition) is 2. The van der Waals surface area contributed by atoms with Crippen molar-refractivity contribution < 1.29 is 9.21 Å². The Bertz CT molecular complexity index is 710. The molecule has 0 aliphatic carbocycles. The maximum atomic E-state index is 12.9. The third kappa shape index (κ3) is 3.70. The Morgan fingerprint density at radius 2 is 2.04 bits per heavy atom. The number of oxazole rings is 1. The minimum absolute atomic E-state index is 0.0642. The van der Waals surface area contributed by atoms with E-state index in [-0.39, 0.29) is 12.1 Å². The zero-order valence-electron chi connectivity index (χ0n) is 15.5. The van der Waals surface area contributed by atoms with E-state index in [0.29, 0.717) is 12.4 Å². The van der Waals surface area contributed by atoms with Crippen molar-refractivity contribution in [3.8, 4) is 0 Å². The number of aryl methyl sites for hydroxylation is 4. The minimum Gasteiger partial charge on any atom is -0.444 e. The highest BCUT2D eigenvalue weighted by Gasteiger charge is 2.30. The maximum Gasteiger partial charge on any atom is 0.318 e. The Morgan fingerprint density at radius 3 is 2.68 bits per heavy atom. The summed E-state index contributed by atoms with van der Waals surface area (Å²) in [6.45, 7) is 8.86. The molecule has 0 saturated carbocycles. The highest BCUT2D eigenvalue weighted by molar-refractivity contribution is 5.74. The molecule has 25 heavy (non-hydrogen) atoms. The van der Waals surface area contributed by atoms with E-state index >= 15 is 0 Å². The topological polar surface area (TPSA) is 87.0 Å². The maximum absolute atomic E-state index is 12.9. The van der Waals surface area contributed by atoms with E-state index in [1.807, 2.05) is 32.6 Å². The number of amides is 2. The summed E-state index contributed by atoms with van der Waals surface area (Å²) in [5, 5.41) is 10.3. The molecule has 136 valence electrons. The molecule has 0 spiro atoms. The van der Waals surface area contributed by atoms with Crippen molar-refractivity contribution in [3.63, 3.8) is 0 Å². The van der Waals surface area contributed by atoms with E-state index in [2.05, 4.69) is 20.5 Å². The first kappa shape index (κ1) is 17.5. The van der Waals surface area contributed by atoms with Crippen molar-refractivity contribution in [1.29, 1.82) is 0 Å². The Labute approximate surface area is 148 Å². The molecule has 0 aromatic carbocycles. The van der Waals surface area contributed by atoms with Crippen LogP contribution >= 0.6 is 0 Å². The van der Waals surface area contributed by atoms with Gasteiger partial charge in [-0.25, -0.2) is 9.78 Å². The number of aromatic nitrogens is 3. The molecule has 1 atom stereocenters. The molecule has 7 nitrogen and oxygen atoms in total. The van der Waals surface area contributed by atoms with Gasteiger partial charge in [-0.15, -0.1) is 0 Å². The first-order chi connectivity index (χ1) is 12.0. The van der Waals surface area contributed by atoms with Crippen molar-refractivity contribution in [2.75, 3.05) is 6.54 Å². The molecule has 7 heteroatoms. The van der Waals surface area contributed by atoms with Gasteiger partial charge in [0.25, 0.3) is 0 Å². The second kappa shape index (κ2) is 7.29. The molecule has 0 unspecified atom stereocenters. The van der Waals surface area contributed by atoms with Gasteiger partial charge in [0.2, 0.25) is 5.89 Å². The number of aromatic amines is 1. The van der Waals surface area contributed by atoms with Gasteiger partial charge in [-0.2, -0.15) is 5.10 Å². The highest BCUT2D eigenvalue weighted by atomic mass is 16.4. The Kier molecular flexibility index (Phi) is 5.11. The molecule has 3 rings (SSSR count). The van der Waals surface area contributed by atoms with Crippen LogP contribution < -0.4 is 5.32 Å². The van der Waals surface area contributed by atoms with Crippen LogP contribution in [0, 0.1) is 27.7 Å². The lowest BCUT2D eigenvalue weighted by atomic mass is 9.99. The lowest BCUT2D eigenvalue weighted by Crippen LogP contribution is -2.42. The van der Waals surface area contributed by atoms with E-state index in [4.69, 9.17) is 4.42 Å². The molecular weight excluding hydrogens is 318 g/mol. The zero-order valence-corrected chi connectivity index (χ0v) is 15.5. The van der Waals surface area contributed by atoms with Crippen LogP contribution in [0.5, 0.6) is 0 Å².